The smallest absolute Gasteiger partial charge is 0.253 e. The minimum absolute atomic E-state index is 0.0163. The molecule has 0 N–H and O–H groups in total. The molecule has 0 aliphatic heterocycles. The third-order valence-corrected chi connectivity index (χ3v) is 3.08. The lowest BCUT2D eigenvalue weighted by Crippen LogP contribution is -2.26. The Morgan fingerprint density at radius 1 is 1.14 bits per heavy atom. The maximum absolute atomic E-state index is 12.2. The van der Waals surface area contributed by atoms with Gasteiger partial charge in [0.15, 0.2) is 0 Å². The summed E-state index contributed by atoms with van der Waals surface area (Å²) in [6.45, 7) is 4.67. The second-order valence-electron chi connectivity index (χ2n) is 4.77. The first kappa shape index (κ1) is 14.9. The van der Waals surface area contributed by atoms with Crippen LogP contribution in [0.15, 0.2) is 67.3 Å². The maximum atomic E-state index is 12.2. The van der Waals surface area contributed by atoms with Crippen LogP contribution in [0, 0.1) is 0 Å². The molecular formula is C18H19NO2. The van der Waals surface area contributed by atoms with E-state index >= 15 is 0 Å². The number of nitrogens with zero attached hydrogens (tertiary/aromatic N) is 1. The molecule has 0 aromatic heterocycles. The van der Waals surface area contributed by atoms with Gasteiger partial charge in [-0.05, 0) is 29.8 Å². The van der Waals surface area contributed by atoms with Gasteiger partial charge in [0.25, 0.3) is 5.91 Å². The number of hydrogen-bond acceptors (Lipinski definition) is 2. The Morgan fingerprint density at radius 3 is 2.43 bits per heavy atom. The fourth-order valence-electron chi connectivity index (χ4n) is 1.99. The molecule has 0 radical (unpaired) electrons. The molecule has 108 valence electrons. The first-order chi connectivity index (χ1) is 10.2. The molecule has 2 rings (SSSR count). The van der Waals surface area contributed by atoms with Crippen LogP contribution in [-0.4, -0.2) is 24.5 Å². The Kier molecular flexibility index (Phi) is 5.16. The van der Waals surface area contributed by atoms with E-state index in [1.165, 1.54) is 0 Å². The van der Waals surface area contributed by atoms with Crippen molar-refractivity contribution in [2.45, 2.75) is 6.54 Å². The molecule has 21 heavy (non-hydrogen) atoms. The second-order valence-corrected chi connectivity index (χ2v) is 4.77. The van der Waals surface area contributed by atoms with Gasteiger partial charge in [-0.2, -0.15) is 0 Å². The van der Waals surface area contributed by atoms with Crippen LogP contribution in [0.3, 0.4) is 0 Å². The van der Waals surface area contributed by atoms with Gasteiger partial charge in [0, 0.05) is 19.2 Å². The van der Waals surface area contributed by atoms with E-state index in [-0.39, 0.29) is 5.91 Å². The number of carbonyl (C=O) groups is 1. The van der Waals surface area contributed by atoms with E-state index in [0.29, 0.717) is 18.7 Å². The van der Waals surface area contributed by atoms with E-state index in [1.807, 2.05) is 54.6 Å². The Balaban J connectivity index is 1.97. The van der Waals surface area contributed by atoms with Gasteiger partial charge in [-0.3, -0.25) is 4.79 Å². The summed E-state index contributed by atoms with van der Waals surface area (Å²) in [5.74, 6) is 0.818. The minimum atomic E-state index is 0.0163. The summed E-state index contributed by atoms with van der Waals surface area (Å²) in [4.78, 5) is 14.0. The van der Waals surface area contributed by atoms with Crippen molar-refractivity contribution in [3.63, 3.8) is 0 Å². The van der Waals surface area contributed by atoms with Crippen LogP contribution < -0.4 is 4.74 Å². The monoisotopic (exact) mass is 281 g/mol. The number of benzene rings is 2. The van der Waals surface area contributed by atoms with Crippen molar-refractivity contribution in [3.05, 3.63) is 78.4 Å². The highest BCUT2D eigenvalue weighted by Crippen LogP contribution is 2.14. The van der Waals surface area contributed by atoms with Crippen LogP contribution in [0.4, 0.5) is 0 Å². The lowest BCUT2D eigenvalue weighted by Gasteiger charge is -2.17. The van der Waals surface area contributed by atoms with Crippen LogP contribution in [-0.2, 0) is 6.54 Å². The molecule has 0 spiro atoms. The number of carbonyl (C=O) groups excluding carboxylic acids is 1. The van der Waals surface area contributed by atoms with Crippen LogP contribution >= 0.6 is 0 Å². The lowest BCUT2D eigenvalue weighted by atomic mass is 10.1. The van der Waals surface area contributed by atoms with E-state index < -0.39 is 0 Å². The van der Waals surface area contributed by atoms with Gasteiger partial charge in [-0.15, -0.1) is 0 Å². The highest BCUT2D eigenvalue weighted by Gasteiger charge is 2.11. The molecule has 2 aromatic carbocycles. The van der Waals surface area contributed by atoms with Gasteiger partial charge in [0.1, 0.15) is 12.4 Å². The van der Waals surface area contributed by atoms with Gasteiger partial charge in [0.05, 0.1) is 0 Å². The molecule has 0 aliphatic carbocycles. The molecule has 0 heterocycles. The molecule has 0 bridgehead atoms. The predicted molar refractivity (Wildman–Crippen MR) is 84.4 cm³/mol. The van der Waals surface area contributed by atoms with Crippen molar-refractivity contribution >= 4 is 5.91 Å². The zero-order valence-corrected chi connectivity index (χ0v) is 12.2. The van der Waals surface area contributed by atoms with E-state index in [9.17, 15) is 4.79 Å². The Bertz CT molecular complexity index is 590. The molecule has 0 saturated heterocycles. The van der Waals surface area contributed by atoms with Gasteiger partial charge in [-0.25, -0.2) is 0 Å². The predicted octanol–water partition coefficient (Wildman–Crippen LogP) is 3.52. The molecule has 0 unspecified atom stereocenters. The standard InChI is InChI=1S/C18H19NO2/c1-3-13-21-17-11-9-15(10-12-17)14-19(2)18(20)16-7-5-4-6-8-16/h3-12H,1,13-14H2,2H3. The van der Waals surface area contributed by atoms with Crippen LogP contribution in [0.1, 0.15) is 15.9 Å². The lowest BCUT2D eigenvalue weighted by molar-refractivity contribution is 0.0785. The van der Waals surface area contributed by atoms with Gasteiger partial charge >= 0.3 is 0 Å². The Morgan fingerprint density at radius 2 is 1.81 bits per heavy atom. The van der Waals surface area contributed by atoms with Gasteiger partial charge < -0.3 is 9.64 Å². The normalized spacial score (nSPS) is 9.95. The van der Waals surface area contributed by atoms with E-state index in [4.69, 9.17) is 4.74 Å². The summed E-state index contributed by atoms with van der Waals surface area (Å²) >= 11 is 0. The SMILES string of the molecule is C=CCOc1ccc(CN(C)C(=O)c2ccccc2)cc1. The van der Waals surface area contributed by atoms with Gasteiger partial charge in [-0.1, -0.05) is 43.0 Å². The van der Waals surface area contributed by atoms with Crippen molar-refractivity contribution in [3.8, 4) is 5.75 Å². The fourth-order valence-corrected chi connectivity index (χ4v) is 1.99. The fraction of sp³-hybridized carbons (Fsp3) is 0.167. The van der Waals surface area contributed by atoms with Crippen molar-refractivity contribution in [1.29, 1.82) is 0 Å². The molecule has 0 saturated carbocycles. The summed E-state index contributed by atoms with van der Waals surface area (Å²) < 4.78 is 5.43. The average molecular weight is 281 g/mol. The van der Waals surface area contributed by atoms with Crippen molar-refractivity contribution < 1.29 is 9.53 Å². The quantitative estimate of drug-likeness (QED) is 0.758. The molecule has 3 heteroatoms. The third-order valence-electron chi connectivity index (χ3n) is 3.08. The minimum Gasteiger partial charge on any atom is -0.490 e. The number of rotatable bonds is 6. The summed E-state index contributed by atoms with van der Waals surface area (Å²) in [5, 5.41) is 0. The van der Waals surface area contributed by atoms with Crippen LogP contribution in [0.2, 0.25) is 0 Å². The van der Waals surface area contributed by atoms with E-state index in [2.05, 4.69) is 6.58 Å². The first-order valence-electron chi connectivity index (χ1n) is 6.84. The number of ether oxygens (including phenoxy) is 1. The second kappa shape index (κ2) is 7.29. The van der Waals surface area contributed by atoms with Crippen LogP contribution in [0.5, 0.6) is 5.75 Å². The number of hydrogen-bond donors (Lipinski definition) is 0. The first-order valence-corrected chi connectivity index (χ1v) is 6.84. The molecule has 1 amide bonds. The molecular weight excluding hydrogens is 262 g/mol. The zero-order chi connectivity index (χ0) is 15.1. The van der Waals surface area contributed by atoms with Gasteiger partial charge in [0.2, 0.25) is 0 Å². The summed E-state index contributed by atoms with van der Waals surface area (Å²) in [6.07, 6.45) is 1.71. The summed E-state index contributed by atoms with van der Waals surface area (Å²) in [7, 11) is 1.80. The highest BCUT2D eigenvalue weighted by molar-refractivity contribution is 5.93. The van der Waals surface area contributed by atoms with Crippen molar-refractivity contribution in [2.75, 3.05) is 13.7 Å². The average Bonchev–Trinajstić information content (AvgIpc) is 2.54. The topological polar surface area (TPSA) is 29.5 Å². The Labute approximate surface area is 125 Å². The summed E-state index contributed by atoms with van der Waals surface area (Å²) in [5.41, 5.74) is 1.76. The molecule has 0 fully saturated rings. The molecule has 3 nitrogen and oxygen atoms in total. The molecule has 0 aliphatic rings. The summed E-state index contributed by atoms with van der Waals surface area (Å²) in [6, 6.07) is 17.0. The molecule has 0 atom stereocenters. The largest absolute Gasteiger partial charge is 0.490 e. The maximum Gasteiger partial charge on any atom is 0.253 e. The van der Waals surface area contributed by atoms with Crippen molar-refractivity contribution in [1.82, 2.24) is 4.90 Å². The van der Waals surface area contributed by atoms with Crippen LogP contribution in [0.25, 0.3) is 0 Å². The number of amides is 1. The van der Waals surface area contributed by atoms with Crippen molar-refractivity contribution in [2.24, 2.45) is 0 Å². The Hall–Kier alpha value is -2.55. The zero-order valence-electron chi connectivity index (χ0n) is 12.2. The molecule has 2 aromatic rings. The highest BCUT2D eigenvalue weighted by atomic mass is 16.5. The van der Waals surface area contributed by atoms with E-state index in [0.717, 1.165) is 11.3 Å². The van der Waals surface area contributed by atoms with E-state index in [1.54, 1.807) is 18.0 Å². The third kappa shape index (κ3) is 4.21.